The highest BCUT2D eigenvalue weighted by Crippen LogP contribution is 2.11. The van der Waals surface area contributed by atoms with Crippen LogP contribution in [0.1, 0.15) is 32.3 Å². The Morgan fingerprint density at radius 2 is 1.95 bits per heavy atom. The quantitative estimate of drug-likeness (QED) is 0.414. The van der Waals surface area contributed by atoms with E-state index < -0.39 is 4.92 Å². The summed E-state index contributed by atoms with van der Waals surface area (Å²) in [6.45, 7) is 5.40. The highest BCUT2D eigenvalue weighted by molar-refractivity contribution is 5.76. The molecule has 0 bridgehead atoms. The van der Waals surface area contributed by atoms with Crippen molar-refractivity contribution in [3.05, 3.63) is 39.9 Å². The van der Waals surface area contributed by atoms with Gasteiger partial charge >= 0.3 is 0 Å². The zero-order valence-electron chi connectivity index (χ0n) is 12.6. The molecule has 0 saturated heterocycles. The molecule has 0 aliphatic heterocycles. The summed E-state index contributed by atoms with van der Waals surface area (Å²) in [5.41, 5.74) is 1.14. The van der Waals surface area contributed by atoms with Gasteiger partial charge in [0.25, 0.3) is 5.69 Å². The number of rotatable bonds is 9. The molecule has 1 atom stereocenters. The Balaban J connectivity index is 2.16. The minimum absolute atomic E-state index is 0.0622. The van der Waals surface area contributed by atoms with Gasteiger partial charge in [0.1, 0.15) is 0 Å². The Bertz CT molecular complexity index is 460. The van der Waals surface area contributed by atoms with Crippen LogP contribution in [-0.2, 0) is 11.2 Å². The maximum absolute atomic E-state index is 11.5. The fourth-order valence-corrected chi connectivity index (χ4v) is 1.79. The Morgan fingerprint density at radius 3 is 2.52 bits per heavy atom. The summed E-state index contributed by atoms with van der Waals surface area (Å²) in [5.74, 6) is 0.0622. The van der Waals surface area contributed by atoms with Crippen LogP contribution in [0.15, 0.2) is 24.3 Å². The number of nitro groups is 1. The summed E-state index contributed by atoms with van der Waals surface area (Å²) in [5, 5.41) is 16.6. The number of benzene rings is 1. The third-order valence-corrected chi connectivity index (χ3v) is 3.29. The molecule has 1 rings (SSSR count). The molecule has 21 heavy (non-hydrogen) atoms. The number of non-ortho nitro benzene ring substituents is 1. The molecule has 0 saturated carbocycles. The number of amides is 1. The molecule has 1 aromatic rings. The van der Waals surface area contributed by atoms with Crippen molar-refractivity contribution in [2.24, 2.45) is 0 Å². The summed E-state index contributed by atoms with van der Waals surface area (Å²) < 4.78 is 0. The summed E-state index contributed by atoms with van der Waals surface area (Å²) >= 11 is 0. The first-order valence-electron chi connectivity index (χ1n) is 7.26. The maximum atomic E-state index is 11.5. The van der Waals surface area contributed by atoms with Crippen molar-refractivity contribution >= 4 is 11.6 Å². The number of carbonyl (C=O) groups excluding carboxylic acids is 1. The van der Waals surface area contributed by atoms with Crippen molar-refractivity contribution < 1.29 is 9.72 Å². The van der Waals surface area contributed by atoms with Crippen LogP contribution < -0.4 is 10.6 Å². The molecular formula is C15H23N3O3. The van der Waals surface area contributed by atoms with Gasteiger partial charge in [-0.25, -0.2) is 0 Å². The first kappa shape index (κ1) is 17.1. The predicted molar refractivity (Wildman–Crippen MR) is 82.2 cm³/mol. The van der Waals surface area contributed by atoms with Crippen molar-refractivity contribution in [1.82, 2.24) is 10.6 Å². The first-order chi connectivity index (χ1) is 10.0. The van der Waals surface area contributed by atoms with Gasteiger partial charge in [-0.2, -0.15) is 0 Å². The lowest BCUT2D eigenvalue weighted by Gasteiger charge is -2.11. The molecule has 0 aliphatic carbocycles. The van der Waals surface area contributed by atoms with E-state index in [4.69, 9.17) is 0 Å². The Morgan fingerprint density at radius 1 is 1.29 bits per heavy atom. The molecule has 0 aliphatic rings. The fourth-order valence-electron chi connectivity index (χ4n) is 1.79. The summed E-state index contributed by atoms with van der Waals surface area (Å²) in [4.78, 5) is 21.7. The Hall–Kier alpha value is -1.95. The molecule has 0 radical (unpaired) electrons. The van der Waals surface area contributed by atoms with E-state index in [-0.39, 0.29) is 17.6 Å². The minimum atomic E-state index is -0.405. The van der Waals surface area contributed by atoms with Crippen LogP contribution in [0, 0.1) is 10.1 Å². The molecule has 1 aromatic carbocycles. The lowest BCUT2D eigenvalue weighted by atomic mass is 10.1. The lowest BCUT2D eigenvalue weighted by Crippen LogP contribution is -2.34. The van der Waals surface area contributed by atoms with Crippen LogP contribution in [-0.4, -0.2) is 30.0 Å². The second kappa shape index (κ2) is 9.07. The summed E-state index contributed by atoms with van der Waals surface area (Å²) in [6, 6.07) is 6.76. The van der Waals surface area contributed by atoms with E-state index in [0.29, 0.717) is 13.0 Å². The molecule has 6 nitrogen and oxygen atoms in total. The molecule has 1 unspecified atom stereocenters. The first-order valence-corrected chi connectivity index (χ1v) is 7.26. The third-order valence-electron chi connectivity index (χ3n) is 3.29. The zero-order valence-corrected chi connectivity index (χ0v) is 12.6. The molecule has 1 amide bonds. The smallest absolute Gasteiger partial charge is 0.269 e. The van der Waals surface area contributed by atoms with E-state index in [0.717, 1.165) is 24.9 Å². The van der Waals surface area contributed by atoms with Crippen molar-refractivity contribution in [2.75, 3.05) is 13.1 Å². The molecule has 6 heteroatoms. The molecule has 0 fully saturated rings. The van der Waals surface area contributed by atoms with Crippen LogP contribution in [0.3, 0.4) is 0 Å². The summed E-state index contributed by atoms with van der Waals surface area (Å²) in [7, 11) is 0. The van der Waals surface area contributed by atoms with E-state index in [9.17, 15) is 14.9 Å². The largest absolute Gasteiger partial charge is 0.354 e. The highest BCUT2D eigenvalue weighted by Gasteiger charge is 2.05. The van der Waals surface area contributed by atoms with Crippen molar-refractivity contribution in [3.8, 4) is 0 Å². The lowest BCUT2D eigenvalue weighted by molar-refractivity contribution is -0.384. The average Bonchev–Trinajstić information content (AvgIpc) is 2.47. The number of nitrogens with one attached hydrogen (secondary N) is 2. The van der Waals surface area contributed by atoms with Gasteiger partial charge in [0.2, 0.25) is 5.91 Å². The molecule has 116 valence electrons. The second-order valence-corrected chi connectivity index (χ2v) is 5.05. The Labute approximate surface area is 125 Å². The topological polar surface area (TPSA) is 84.3 Å². The zero-order chi connectivity index (χ0) is 15.7. The van der Waals surface area contributed by atoms with E-state index >= 15 is 0 Å². The predicted octanol–water partition coefficient (Wildman–Crippen LogP) is 2.03. The molecular weight excluding hydrogens is 270 g/mol. The van der Waals surface area contributed by atoms with E-state index in [1.807, 2.05) is 13.8 Å². The molecule has 2 N–H and O–H groups in total. The number of nitro benzene ring substituents is 1. The van der Waals surface area contributed by atoms with Crippen LogP contribution in [0.5, 0.6) is 0 Å². The van der Waals surface area contributed by atoms with Crippen molar-refractivity contribution in [1.29, 1.82) is 0 Å². The number of nitrogens with zero attached hydrogens (tertiary/aromatic N) is 1. The van der Waals surface area contributed by atoms with E-state index in [1.165, 1.54) is 12.1 Å². The van der Waals surface area contributed by atoms with Crippen LogP contribution >= 0.6 is 0 Å². The number of hydrogen-bond acceptors (Lipinski definition) is 4. The van der Waals surface area contributed by atoms with Gasteiger partial charge in [0, 0.05) is 31.1 Å². The van der Waals surface area contributed by atoms with Gasteiger partial charge in [0.15, 0.2) is 0 Å². The second-order valence-electron chi connectivity index (χ2n) is 5.05. The average molecular weight is 293 g/mol. The standard InChI is InChI=1S/C15H23N3O3/c1-3-12(2)17-15(19)9-11-16-10-8-13-4-6-14(7-5-13)18(20)21/h4-7,12,16H,3,8-11H2,1-2H3,(H,17,19). The van der Waals surface area contributed by atoms with Crippen LogP contribution in [0.4, 0.5) is 5.69 Å². The maximum Gasteiger partial charge on any atom is 0.269 e. The highest BCUT2D eigenvalue weighted by atomic mass is 16.6. The van der Waals surface area contributed by atoms with Crippen LogP contribution in [0.2, 0.25) is 0 Å². The Kier molecular flexibility index (Phi) is 7.39. The molecule has 0 aromatic heterocycles. The van der Waals surface area contributed by atoms with Crippen molar-refractivity contribution in [3.63, 3.8) is 0 Å². The third kappa shape index (κ3) is 6.85. The van der Waals surface area contributed by atoms with Crippen molar-refractivity contribution in [2.45, 2.75) is 39.2 Å². The van der Waals surface area contributed by atoms with Gasteiger partial charge in [-0.15, -0.1) is 0 Å². The SMILES string of the molecule is CCC(C)NC(=O)CCNCCc1ccc([N+](=O)[O-])cc1. The number of carbonyl (C=O) groups is 1. The normalized spacial score (nSPS) is 11.9. The molecule has 0 heterocycles. The fraction of sp³-hybridized carbons (Fsp3) is 0.533. The number of hydrogen-bond donors (Lipinski definition) is 2. The van der Waals surface area contributed by atoms with E-state index in [2.05, 4.69) is 10.6 Å². The van der Waals surface area contributed by atoms with Gasteiger partial charge in [-0.05, 0) is 31.9 Å². The van der Waals surface area contributed by atoms with Crippen LogP contribution in [0.25, 0.3) is 0 Å². The molecule has 0 spiro atoms. The van der Waals surface area contributed by atoms with Gasteiger partial charge in [-0.1, -0.05) is 19.1 Å². The van der Waals surface area contributed by atoms with Gasteiger partial charge < -0.3 is 10.6 Å². The summed E-state index contributed by atoms with van der Waals surface area (Å²) in [6.07, 6.45) is 2.18. The van der Waals surface area contributed by atoms with Gasteiger partial charge in [0.05, 0.1) is 4.92 Å². The van der Waals surface area contributed by atoms with Gasteiger partial charge in [-0.3, -0.25) is 14.9 Å². The minimum Gasteiger partial charge on any atom is -0.354 e. The monoisotopic (exact) mass is 293 g/mol. The van der Waals surface area contributed by atoms with E-state index in [1.54, 1.807) is 12.1 Å².